The number of aromatic nitrogens is 2. The molecular weight excluding hydrogens is 186 g/mol. The first-order valence-corrected chi connectivity index (χ1v) is 5.08. The van der Waals surface area contributed by atoms with Gasteiger partial charge in [-0.25, -0.2) is 0 Å². The summed E-state index contributed by atoms with van der Waals surface area (Å²) >= 11 is 0. The van der Waals surface area contributed by atoms with E-state index in [9.17, 15) is 0 Å². The monoisotopic (exact) mass is 201 g/mol. The summed E-state index contributed by atoms with van der Waals surface area (Å²) in [5.41, 5.74) is 9.11. The SMILES string of the molecule is Cn1nccc1-c1ccc(CCN)cc1. The van der Waals surface area contributed by atoms with Crippen molar-refractivity contribution in [3.63, 3.8) is 0 Å². The second-order valence-corrected chi connectivity index (χ2v) is 3.58. The largest absolute Gasteiger partial charge is 0.330 e. The molecule has 1 aromatic heterocycles. The first kappa shape index (κ1) is 9.93. The highest BCUT2D eigenvalue weighted by atomic mass is 15.2. The summed E-state index contributed by atoms with van der Waals surface area (Å²) in [7, 11) is 1.95. The minimum absolute atomic E-state index is 0.699. The highest BCUT2D eigenvalue weighted by Crippen LogP contribution is 2.18. The van der Waals surface area contributed by atoms with Gasteiger partial charge in [0.15, 0.2) is 0 Å². The van der Waals surface area contributed by atoms with E-state index >= 15 is 0 Å². The Bertz CT molecular complexity index is 428. The number of nitrogens with two attached hydrogens (primary N) is 1. The minimum atomic E-state index is 0.699. The van der Waals surface area contributed by atoms with Crippen LogP contribution >= 0.6 is 0 Å². The number of rotatable bonds is 3. The molecule has 2 N–H and O–H groups in total. The number of hydrogen-bond acceptors (Lipinski definition) is 2. The summed E-state index contributed by atoms with van der Waals surface area (Å²) in [6.45, 7) is 0.699. The molecule has 0 radical (unpaired) electrons. The first-order chi connectivity index (χ1) is 7.31. The van der Waals surface area contributed by atoms with E-state index in [1.807, 2.05) is 24.0 Å². The van der Waals surface area contributed by atoms with E-state index in [0.29, 0.717) is 6.54 Å². The number of nitrogens with zero attached hydrogens (tertiary/aromatic N) is 2. The number of benzene rings is 1. The molecule has 0 bridgehead atoms. The Morgan fingerprint density at radius 3 is 2.47 bits per heavy atom. The molecule has 0 saturated carbocycles. The van der Waals surface area contributed by atoms with Gasteiger partial charge in [-0.05, 0) is 30.2 Å². The van der Waals surface area contributed by atoms with Gasteiger partial charge in [0.2, 0.25) is 0 Å². The Balaban J connectivity index is 2.28. The zero-order valence-corrected chi connectivity index (χ0v) is 8.85. The minimum Gasteiger partial charge on any atom is -0.330 e. The standard InChI is InChI=1S/C12H15N3/c1-15-12(7-9-14-15)11-4-2-10(3-5-11)6-8-13/h2-5,7,9H,6,8,13H2,1H3. The molecule has 0 aliphatic heterocycles. The maximum absolute atomic E-state index is 5.50. The van der Waals surface area contributed by atoms with Gasteiger partial charge in [0.1, 0.15) is 0 Å². The molecule has 0 fully saturated rings. The second-order valence-electron chi connectivity index (χ2n) is 3.58. The van der Waals surface area contributed by atoms with E-state index in [0.717, 1.165) is 12.1 Å². The van der Waals surface area contributed by atoms with Crippen LogP contribution in [0.5, 0.6) is 0 Å². The van der Waals surface area contributed by atoms with Crippen LogP contribution in [0, 0.1) is 0 Å². The number of hydrogen-bond donors (Lipinski definition) is 1. The lowest BCUT2D eigenvalue weighted by molar-refractivity contribution is 0.776. The first-order valence-electron chi connectivity index (χ1n) is 5.08. The molecule has 0 amide bonds. The quantitative estimate of drug-likeness (QED) is 0.819. The maximum Gasteiger partial charge on any atom is 0.0678 e. The van der Waals surface area contributed by atoms with Crippen LogP contribution in [0.25, 0.3) is 11.3 Å². The van der Waals surface area contributed by atoms with Crippen molar-refractivity contribution in [2.24, 2.45) is 12.8 Å². The molecule has 1 heterocycles. The van der Waals surface area contributed by atoms with Crippen LogP contribution in [0.1, 0.15) is 5.56 Å². The van der Waals surface area contributed by atoms with Crippen LogP contribution in [0.2, 0.25) is 0 Å². The third-order valence-electron chi connectivity index (χ3n) is 2.50. The highest BCUT2D eigenvalue weighted by Gasteiger charge is 2.01. The molecule has 1 aromatic carbocycles. The van der Waals surface area contributed by atoms with Gasteiger partial charge in [0, 0.05) is 13.2 Å². The average molecular weight is 201 g/mol. The van der Waals surface area contributed by atoms with Gasteiger partial charge in [-0.1, -0.05) is 24.3 Å². The van der Waals surface area contributed by atoms with E-state index in [4.69, 9.17) is 5.73 Å². The van der Waals surface area contributed by atoms with Gasteiger partial charge in [0.25, 0.3) is 0 Å². The second kappa shape index (κ2) is 4.28. The van der Waals surface area contributed by atoms with E-state index in [2.05, 4.69) is 29.4 Å². The summed E-state index contributed by atoms with van der Waals surface area (Å²) < 4.78 is 1.87. The molecular formula is C12H15N3. The summed E-state index contributed by atoms with van der Waals surface area (Å²) in [6, 6.07) is 10.5. The third kappa shape index (κ3) is 2.07. The fourth-order valence-corrected chi connectivity index (χ4v) is 1.67. The van der Waals surface area contributed by atoms with Crippen molar-refractivity contribution in [1.29, 1.82) is 0 Å². The Morgan fingerprint density at radius 2 is 1.93 bits per heavy atom. The molecule has 0 saturated heterocycles. The van der Waals surface area contributed by atoms with Crippen LogP contribution in [0.3, 0.4) is 0 Å². The van der Waals surface area contributed by atoms with Crippen LogP contribution < -0.4 is 5.73 Å². The molecule has 3 heteroatoms. The van der Waals surface area contributed by atoms with Gasteiger partial charge in [-0.2, -0.15) is 5.10 Å². The van der Waals surface area contributed by atoms with Gasteiger partial charge in [0.05, 0.1) is 5.69 Å². The van der Waals surface area contributed by atoms with Gasteiger partial charge >= 0.3 is 0 Å². The van der Waals surface area contributed by atoms with Gasteiger partial charge < -0.3 is 5.73 Å². The molecule has 78 valence electrons. The molecule has 2 aromatic rings. The normalized spacial score (nSPS) is 10.5. The van der Waals surface area contributed by atoms with Crippen molar-refractivity contribution < 1.29 is 0 Å². The molecule has 15 heavy (non-hydrogen) atoms. The summed E-state index contributed by atoms with van der Waals surface area (Å²) in [6.07, 6.45) is 2.74. The molecule has 0 aliphatic rings. The van der Waals surface area contributed by atoms with E-state index in [1.165, 1.54) is 11.1 Å². The Hall–Kier alpha value is -1.61. The fourth-order valence-electron chi connectivity index (χ4n) is 1.67. The molecule has 0 spiro atoms. The lowest BCUT2D eigenvalue weighted by Gasteiger charge is -2.03. The van der Waals surface area contributed by atoms with Crippen LogP contribution in [0.15, 0.2) is 36.5 Å². The van der Waals surface area contributed by atoms with Crippen LogP contribution in [-0.4, -0.2) is 16.3 Å². The molecule has 3 nitrogen and oxygen atoms in total. The van der Waals surface area contributed by atoms with Crippen molar-refractivity contribution in [3.05, 3.63) is 42.1 Å². The van der Waals surface area contributed by atoms with E-state index < -0.39 is 0 Å². The Kier molecular flexibility index (Phi) is 2.83. The number of aryl methyl sites for hydroxylation is 1. The van der Waals surface area contributed by atoms with E-state index in [1.54, 1.807) is 0 Å². The third-order valence-corrected chi connectivity index (χ3v) is 2.50. The average Bonchev–Trinajstić information content (AvgIpc) is 2.66. The van der Waals surface area contributed by atoms with Gasteiger partial charge in [-0.15, -0.1) is 0 Å². The summed E-state index contributed by atoms with van der Waals surface area (Å²) in [4.78, 5) is 0. The zero-order chi connectivity index (χ0) is 10.7. The fraction of sp³-hybridized carbons (Fsp3) is 0.250. The smallest absolute Gasteiger partial charge is 0.0678 e. The Labute approximate surface area is 89.5 Å². The van der Waals surface area contributed by atoms with Crippen LogP contribution in [-0.2, 0) is 13.5 Å². The summed E-state index contributed by atoms with van der Waals surface area (Å²) in [5, 5.41) is 4.15. The predicted octanol–water partition coefficient (Wildman–Crippen LogP) is 1.59. The van der Waals surface area contributed by atoms with Gasteiger partial charge in [-0.3, -0.25) is 4.68 Å². The van der Waals surface area contributed by atoms with Crippen molar-refractivity contribution in [2.45, 2.75) is 6.42 Å². The van der Waals surface area contributed by atoms with E-state index in [-0.39, 0.29) is 0 Å². The lowest BCUT2D eigenvalue weighted by atomic mass is 10.1. The zero-order valence-electron chi connectivity index (χ0n) is 8.85. The summed E-state index contributed by atoms with van der Waals surface area (Å²) in [5.74, 6) is 0. The topological polar surface area (TPSA) is 43.8 Å². The molecule has 0 atom stereocenters. The molecule has 0 aliphatic carbocycles. The van der Waals surface area contributed by atoms with Crippen molar-refractivity contribution >= 4 is 0 Å². The highest BCUT2D eigenvalue weighted by molar-refractivity contribution is 5.59. The van der Waals surface area contributed by atoms with Crippen LogP contribution in [0.4, 0.5) is 0 Å². The lowest BCUT2D eigenvalue weighted by Crippen LogP contribution is -2.02. The van der Waals surface area contributed by atoms with Crippen molar-refractivity contribution in [1.82, 2.24) is 9.78 Å². The molecule has 2 rings (SSSR count). The maximum atomic E-state index is 5.50. The molecule has 0 unspecified atom stereocenters. The Morgan fingerprint density at radius 1 is 1.20 bits per heavy atom. The predicted molar refractivity (Wildman–Crippen MR) is 61.4 cm³/mol. The van der Waals surface area contributed by atoms with Crippen molar-refractivity contribution in [2.75, 3.05) is 6.54 Å². The van der Waals surface area contributed by atoms with Crippen molar-refractivity contribution in [3.8, 4) is 11.3 Å².